The van der Waals surface area contributed by atoms with E-state index in [0.29, 0.717) is 8.95 Å². The van der Waals surface area contributed by atoms with Crippen LogP contribution in [0.2, 0.25) is 0 Å². The lowest BCUT2D eigenvalue weighted by molar-refractivity contribution is -0.122. The third-order valence-corrected chi connectivity index (χ3v) is 5.07. The second-order valence-corrected chi connectivity index (χ2v) is 7.59. The number of esters is 1. The highest BCUT2D eigenvalue weighted by Gasteiger charge is 2.37. The smallest absolute Gasteiger partial charge is 0.337 e. The Balaban J connectivity index is 2.02. The lowest BCUT2D eigenvalue weighted by Crippen LogP contribution is -2.54. The van der Waals surface area contributed by atoms with Gasteiger partial charge < -0.3 is 9.84 Å². The highest BCUT2D eigenvalue weighted by molar-refractivity contribution is 9.11. The van der Waals surface area contributed by atoms with E-state index in [1.807, 2.05) is 0 Å². The largest absolute Gasteiger partial charge is 0.506 e. The molecule has 2 aromatic rings. The van der Waals surface area contributed by atoms with Gasteiger partial charge in [-0.25, -0.2) is 14.5 Å². The minimum atomic E-state index is -0.928. The SMILES string of the molecule is COC(=O)c1ccc(N2C(=O)NC(=O)/C(=C\c3cc(Br)cc(Br)c3O)C2=O)cc1. The Kier molecular flexibility index (Phi) is 5.85. The number of rotatable bonds is 3. The number of barbiturate groups is 1. The van der Waals surface area contributed by atoms with Crippen LogP contribution in [0.3, 0.4) is 0 Å². The summed E-state index contributed by atoms with van der Waals surface area (Å²) in [6.07, 6.45) is 1.19. The summed E-state index contributed by atoms with van der Waals surface area (Å²) in [5, 5.41) is 12.3. The van der Waals surface area contributed by atoms with Crippen LogP contribution in [0, 0.1) is 0 Å². The molecular formula is C19H12Br2N2O6. The lowest BCUT2D eigenvalue weighted by Gasteiger charge is -2.26. The van der Waals surface area contributed by atoms with Gasteiger partial charge in [0.05, 0.1) is 22.8 Å². The number of carbonyl (C=O) groups excluding carboxylic acids is 4. The van der Waals surface area contributed by atoms with Gasteiger partial charge in [-0.15, -0.1) is 0 Å². The highest BCUT2D eigenvalue weighted by atomic mass is 79.9. The zero-order valence-corrected chi connectivity index (χ0v) is 17.9. The van der Waals surface area contributed by atoms with E-state index in [9.17, 15) is 24.3 Å². The second kappa shape index (κ2) is 8.18. The predicted molar refractivity (Wildman–Crippen MR) is 110 cm³/mol. The Morgan fingerprint density at radius 2 is 1.79 bits per heavy atom. The van der Waals surface area contributed by atoms with Crippen LogP contribution in [0.4, 0.5) is 10.5 Å². The van der Waals surface area contributed by atoms with Gasteiger partial charge in [0, 0.05) is 10.0 Å². The zero-order chi connectivity index (χ0) is 21.3. The summed E-state index contributed by atoms with van der Waals surface area (Å²) >= 11 is 6.44. The Morgan fingerprint density at radius 3 is 2.41 bits per heavy atom. The highest BCUT2D eigenvalue weighted by Crippen LogP contribution is 2.33. The summed E-state index contributed by atoms with van der Waals surface area (Å²) in [5.41, 5.74) is 0.233. The minimum absolute atomic E-state index is 0.151. The van der Waals surface area contributed by atoms with Gasteiger partial charge in [-0.3, -0.25) is 14.9 Å². The molecule has 0 bridgehead atoms. The number of urea groups is 1. The minimum Gasteiger partial charge on any atom is -0.506 e. The van der Waals surface area contributed by atoms with Crippen LogP contribution in [0.1, 0.15) is 15.9 Å². The van der Waals surface area contributed by atoms with E-state index >= 15 is 0 Å². The number of amides is 4. The molecule has 2 N–H and O–H groups in total. The van der Waals surface area contributed by atoms with Gasteiger partial charge in [-0.05, 0) is 58.4 Å². The number of nitrogens with one attached hydrogen (secondary N) is 1. The molecule has 0 saturated carbocycles. The summed E-state index contributed by atoms with van der Waals surface area (Å²) in [5.74, 6) is -2.51. The van der Waals surface area contributed by atoms with Crippen LogP contribution in [0.5, 0.6) is 5.75 Å². The van der Waals surface area contributed by atoms with Crippen LogP contribution in [0.15, 0.2) is 50.9 Å². The molecule has 0 atom stereocenters. The van der Waals surface area contributed by atoms with Gasteiger partial charge in [0.15, 0.2) is 0 Å². The number of aromatic hydroxyl groups is 1. The van der Waals surface area contributed by atoms with Crippen LogP contribution >= 0.6 is 31.9 Å². The van der Waals surface area contributed by atoms with Crippen molar-refractivity contribution in [1.82, 2.24) is 5.32 Å². The number of anilines is 1. The third kappa shape index (κ3) is 4.08. The fraction of sp³-hybridized carbons (Fsp3) is 0.0526. The molecule has 1 saturated heterocycles. The van der Waals surface area contributed by atoms with Crippen molar-refractivity contribution in [2.75, 3.05) is 12.0 Å². The molecule has 29 heavy (non-hydrogen) atoms. The van der Waals surface area contributed by atoms with Gasteiger partial charge in [-0.2, -0.15) is 0 Å². The average molecular weight is 524 g/mol. The molecule has 1 aliphatic heterocycles. The van der Waals surface area contributed by atoms with Gasteiger partial charge in [0.25, 0.3) is 11.8 Å². The first kappa shape index (κ1) is 20.7. The third-order valence-electron chi connectivity index (χ3n) is 4.01. The van der Waals surface area contributed by atoms with Crippen LogP contribution < -0.4 is 10.2 Å². The maximum Gasteiger partial charge on any atom is 0.337 e. The van der Waals surface area contributed by atoms with E-state index in [-0.39, 0.29) is 28.1 Å². The quantitative estimate of drug-likeness (QED) is 0.362. The fourth-order valence-corrected chi connectivity index (χ4v) is 3.87. The summed E-state index contributed by atoms with van der Waals surface area (Å²) in [7, 11) is 1.23. The molecule has 4 amide bonds. The molecule has 0 aliphatic carbocycles. The second-order valence-electron chi connectivity index (χ2n) is 5.82. The molecule has 0 spiro atoms. The maximum absolute atomic E-state index is 12.9. The van der Waals surface area contributed by atoms with Crippen molar-refractivity contribution in [3.05, 3.63) is 62.0 Å². The number of benzene rings is 2. The summed E-state index contributed by atoms with van der Waals surface area (Å²) < 4.78 is 5.56. The normalized spacial score (nSPS) is 15.5. The first-order valence-electron chi connectivity index (χ1n) is 8.00. The number of nitrogens with zero attached hydrogens (tertiary/aromatic N) is 1. The van der Waals surface area contributed by atoms with E-state index in [0.717, 1.165) is 4.90 Å². The zero-order valence-electron chi connectivity index (χ0n) is 14.7. The Morgan fingerprint density at radius 1 is 1.14 bits per heavy atom. The number of halogens is 2. The molecule has 2 aromatic carbocycles. The molecule has 0 unspecified atom stereocenters. The van der Waals surface area contributed by atoms with E-state index in [1.54, 1.807) is 6.07 Å². The number of hydrogen-bond acceptors (Lipinski definition) is 6. The van der Waals surface area contributed by atoms with E-state index in [2.05, 4.69) is 41.9 Å². The van der Waals surface area contributed by atoms with Crippen molar-refractivity contribution < 1.29 is 29.0 Å². The standard InChI is InChI=1S/C19H12Br2N2O6/c1-29-18(27)9-2-4-12(5-3-9)23-17(26)13(16(25)22-19(23)28)7-10-6-11(20)8-14(21)15(10)24/h2-8,24H,1H3,(H,22,25,28)/b13-7+. The lowest BCUT2D eigenvalue weighted by atomic mass is 10.1. The van der Waals surface area contributed by atoms with Gasteiger partial charge in [0.1, 0.15) is 11.3 Å². The summed E-state index contributed by atoms with van der Waals surface area (Å²) in [4.78, 5) is 49.7. The number of imide groups is 2. The van der Waals surface area contributed by atoms with Crippen molar-refractivity contribution in [2.24, 2.45) is 0 Å². The molecule has 1 fully saturated rings. The monoisotopic (exact) mass is 522 g/mol. The number of carbonyl (C=O) groups is 4. The van der Waals surface area contributed by atoms with Crippen molar-refractivity contribution in [1.29, 1.82) is 0 Å². The molecule has 3 rings (SSSR count). The maximum atomic E-state index is 12.9. The molecule has 1 heterocycles. The van der Waals surface area contributed by atoms with Crippen molar-refractivity contribution >= 4 is 67.4 Å². The molecule has 1 aliphatic rings. The van der Waals surface area contributed by atoms with Crippen LogP contribution in [-0.2, 0) is 14.3 Å². The topological polar surface area (TPSA) is 113 Å². The van der Waals surface area contributed by atoms with Gasteiger partial charge in [0.2, 0.25) is 0 Å². The average Bonchev–Trinajstić information content (AvgIpc) is 2.68. The van der Waals surface area contributed by atoms with Crippen molar-refractivity contribution in [3.8, 4) is 5.75 Å². The van der Waals surface area contributed by atoms with Crippen molar-refractivity contribution in [3.63, 3.8) is 0 Å². The number of methoxy groups -OCH3 is 1. The number of phenolic OH excluding ortho intramolecular Hbond substituents is 1. The fourth-order valence-electron chi connectivity index (χ4n) is 2.61. The van der Waals surface area contributed by atoms with E-state index in [4.69, 9.17) is 0 Å². The van der Waals surface area contributed by atoms with Crippen molar-refractivity contribution in [2.45, 2.75) is 0 Å². The Labute approximate surface area is 181 Å². The number of hydrogen-bond donors (Lipinski definition) is 2. The predicted octanol–water partition coefficient (Wildman–Crippen LogP) is 3.37. The molecule has 8 nitrogen and oxygen atoms in total. The summed E-state index contributed by atoms with van der Waals surface area (Å²) in [6, 6.07) is 7.72. The number of ether oxygens (including phenoxy) is 1. The molecule has 0 aromatic heterocycles. The molecule has 10 heteroatoms. The molecular weight excluding hydrogens is 512 g/mol. The Bertz CT molecular complexity index is 1080. The van der Waals surface area contributed by atoms with Crippen LogP contribution in [-0.4, -0.2) is 36.0 Å². The van der Waals surface area contributed by atoms with Gasteiger partial charge >= 0.3 is 12.0 Å². The molecule has 148 valence electrons. The van der Waals surface area contributed by atoms with E-state index in [1.165, 1.54) is 43.5 Å². The number of phenols is 1. The first-order chi connectivity index (χ1) is 13.7. The summed E-state index contributed by atoms with van der Waals surface area (Å²) in [6.45, 7) is 0. The van der Waals surface area contributed by atoms with Gasteiger partial charge in [-0.1, -0.05) is 15.9 Å². The van der Waals surface area contributed by atoms with Crippen LogP contribution in [0.25, 0.3) is 6.08 Å². The molecule has 0 radical (unpaired) electrons. The first-order valence-corrected chi connectivity index (χ1v) is 9.59. The van der Waals surface area contributed by atoms with E-state index < -0.39 is 23.8 Å². The Hall–Kier alpha value is -2.98.